The third-order valence-electron chi connectivity index (χ3n) is 6.29. The summed E-state index contributed by atoms with van der Waals surface area (Å²) in [6.45, 7) is 6.06. The molecular weight excluding hydrogens is 396 g/mol. The number of anilines is 1. The zero-order valence-corrected chi connectivity index (χ0v) is 17.7. The number of rotatable bonds is 3. The second-order valence-corrected chi connectivity index (χ2v) is 9.31. The van der Waals surface area contributed by atoms with Crippen LogP contribution in [-0.4, -0.2) is 22.5 Å². The first-order chi connectivity index (χ1) is 14.6. The number of carbonyl (C=O) groups is 3. The van der Waals surface area contributed by atoms with Gasteiger partial charge in [-0.1, -0.05) is 51.1 Å². The van der Waals surface area contributed by atoms with E-state index in [1.807, 2.05) is 32.9 Å². The van der Waals surface area contributed by atoms with Crippen LogP contribution < -0.4 is 4.90 Å². The van der Waals surface area contributed by atoms with Gasteiger partial charge in [-0.05, 0) is 22.6 Å². The fourth-order valence-electron chi connectivity index (χ4n) is 4.83. The van der Waals surface area contributed by atoms with Gasteiger partial charge in [-0.2, -0.15) is 0 Å². The maximum Gasteiger partial charge on any atom is 0.269 e. The van der Waals surface area contributed by atoms with Crippen LogP contribution in [-0.2, 0) is 19.8 Å². The molecule has 7 heteroatoms. The number of nitrogens with zero attached hydrogens (tertiary/aromatic N) is 2. The lowest BCUT2D eigenvalue weighted by Gasteiger charge is -2.30. The van der Waals surface area contributed by atoms with Crippen molar-refractivity contribution in [2.45, 2.75) is 44.9 Å². The van der Waals surface area contributed by atoms with Crippen molar-refractivity contribution in [2.75, 3.05) is 4.90 Å². The number of benzene rings is 2. The van der Waals surface area contributed by atoms with Crippen molar-refractivity contribution in [3.63, 3.8) is 0 Å². The Morgan fingerprint density at radius 2 is 1.52 bits per heavy atom. The molecule has 1 aliphatic carbocycles. The Hall–Kier alpha value is -3.35. The van der Waals surface area contributed by atoms with Gasteiger partial charge in [0.1, 0.15) is 5.78 Å². The summed E-state index contributed by atoms with van der Waals surface area (Å²) in [4.78, 5) is 51.2. The molecule has 2 fully saturated rings. The summed E-state index contributed by atoms with van der Waals surface area (Å²) in [7, 11) is 0. The Balaban J connectivity index is 1.76. The van der Waals surface area contributed by atoms with E-state index in [0.29, 0.717) is 11.3 Å². The topological polar surface area (TPSA) is 97.6 Å². The summed E-state index contributed by atoms with van der Waals surface area (Å²) in [6.07, 6.45) is 0.194. The summed E-state index contributed by atoms with van der Waals surface area (Å²) in [5, 5.41) is 11.0. The van der Waals surface area contributed by atoms with E-state index in [1.165, 1.54) is 17.0 Å². The minimum absolute atomic E-state index is 0.0485. The van der Waals surface area contributed by atoms with Gasteiger partial charge in [0.25, 0.3) is 5.69 Å². The van der Waals surface area contributed by atoms with E-state index in [0.717, 1.165) is 5.56 Å². The number of non-ortho nitro benzene ring substituents is 1. The predicted octanol–water partition coefficient (Wildman–Crippen LogP) is 4.14. The maximum atomic E-state index is 13.6. The molecule has 1 saturated carbocycles. The van der Waals surface area contributed by atoms with E-state index < -0.39 is 22.7 Å². The van der Waals surface area contributed by atoms with E-state index in [2.05, 4.69) is 0 Å². The number of nitro groups is 1. The molecule has 2 amide bonds. The normalized spacial score (nSPS) is 23.8. The molecule has 0 aromatic heterocycles. The van der Waals surface area contributed by atoms with Crippen molar-refractivity contribution in [1.82, 2.24) is 0 Å². The number of imide groups is 1. The predicted molar refractivity (Wildman–Crippen MR) is 115 cm³/mol. The Labute approximate surface area is 180 Å². The third kappa shape index (κ3) is 3.54. The highest BCUT2D eigenvalue weighted by atomic mass is 16.6. The SMILES string of the molecule is CC(C)(C)c1ccccc1N1C(=O)[C@H]2[C@@H](c3ccc([N+](=O)[O-])cc3)CC(=O)C[C@H]2C1=O. The van der Waals surface area contributed by atoms with Gasteiger partial charge >= 0.3 is 0 Å². The van der Waals surface area contributed by atoms with Crippen molar-refractivity contribution in [1.29, 1.82) is 0 Å². The molecule has 7 nitrogen and oxygen atoms in total. The quantitative estimate of drug-likeness (QED) is 0.422. The third-order valence-corrected chi connectivity index (χ3v) is 6.29. The number of nitro benzene ring substituents is 1. The first kappa shape index (κ1) is 20.9. The number of hydrogen-bond donors (Lipinski definition) is 0. The highest BCUT2D eigenvalue weighted by molar-refractivity contribution is 6.23. The van der Waals surface area contributed by atoms with E-state index >= 15 is 0 Å². The molecule has 2 aromatic rings. The van der Waals surface area contributed by atoms with Crippen LogP contribution in [0.3, 0.4) is 0 Å². The highest BCUT2D eigenvalue weighted by Crippen LogP contribution is 2.48. The Morgan fingerprint density at radius 1 is 0.903 bits per heavy atom. The zero-order valence-electron chi connectivity index (χ0n) is 17.7. The first-order valence-electron chi connectivity index (χ1n) is 10.3. The minimum Gasteiger partial charge on any atom is -0.300 e. The standard InChI is InChI=1S/C24H24N2O5/c1-24(2,3)19-6-4-5-7-20(19)25-22(28)18-13-16(27)12-17(21(18)23(25)29)14-8-10-15(11-9-14)26(30)31/h4-11,17-18,21H,12-13H2,1-3H3/t17-,18-,21+/m1/s1. The van der Waals surface area contributed by atoms with Crippen molar-refractivity contribution < 1.29 is 19.3 Å². The van der Waals surface area contributed by atoms with Gasteiger partial charge in [0.2, 0.25) is 11.8 Å². The Kier molecular flexibility index (Phi) is 5.00. The molecule has 0 spiro atoms. The molecule has 2 aromatic carbocycles. The van der Waals surface area contributed by atoms with Crippen LogP contribution in [0.25, 0.3) is 0 Å². The van der Waals surface area contributed by atoms with Gasteiger partial charge in [-0.15, -0.1) is 0 Å². The summed E-state index contributed by atoms with van der Waals surface area (Å²) in [5.74, 6) is -2.55. The lowest BCUT2D eigenvalue weighted by Crippen LogP contribution is -2.34. The second-order valence-electron chi connectivity index (χ2n) is 9.31. The lowest BCUT2D eigenvalue weighted by atomic mass is 9.70. The van der Waals surface area contributed by atoms with Crippen LogP contribution in [0.15, 0.2) is 48.5 Å². The van der Waals surface area contributed by atoms with E-state index in [9.17, 15) is 24.5 Å². The average molecular weight is 420 g/mol. The molecule has 0 unspecified atom stereocenters. The number of fused-ring (bicyclic) bond motifs is 1. The van der Waals surface area contributed by atoms with Crippen LogP contribution in [0.5, 0.6) is 0 Å². The number of ketones is 1. The van der Waals surface area contributed by atoms with E-state index in [4.69, 9.17) is 0 Å². The van der Waals surface area contributed by atoms with Crippen molar-refractivity contribution in [3.05, 3.63) is 69.8 Å². The minimum atomic E-state index is -0.707. The van der Waals surface area contributed by atoms with Gasteiger partial charge in [0.05, 0.1) is 22.4 Å². The van der Waals surface area contributed by atoms with Crippen molar-refractivity contribution in [2.24, 2.45) is 11.8 Å². The van der Waals surface area contributed by atoms with Crippen LogP contribution in [0.4, 0.5) is 11.4 Å². The number of carbonyl (C=O) groups excluding carboxylic acids is 3. The van der Waals surface area contributed by atoms with Gasteiger partial charge in [0.15, 0.2) is 0 Å². The van der Waals surface area contributed by atoms with E-state index in [1.54, 1.807) is 24.3 Å². The molecule has 0 bridgehead atoms. The molecule has 160 valence electrons. The second kappa shape index (κ2) is 7.41. The van der Waals surface area contributed by atoms with Crippen molar-refractivity contribution in [3.8, 4) is 0 Å². The summed E-state index contributed by atoms with van der Waals surface area (Å²) >= 11 is 0. The molecule has 4 rings (SSSR count). The lowest BCUT2D eigenvalue weighted by molar-refractivity contribution is -0.384. The number of hydrogen-bond acceptors (Lipinski definition) is 5. The molecule has 31 heavy (non-hydrogen) atoms. The van der Waals surface area contributed by atoms with E-state index in [-0.39, 0.29) is 41.5 Å². The van der Waals surface area contributed by atoms with Crippen LogP contribution in [0, 0.1) is 22.0 Å². The van der Waals surface area contributed by atoms with Crippen LogP contribution in [0.1, 0.15) is 50.7 Å². The van der Waals surface area contributed by atoms with Gasteiger partial charge in [-0.3, -0.25) is 24.5 Å². The van der Waals surface area contributed by atoms with Gasteiger partial charge in [0, 0.05) is 30.9 Å². The summed E-state index contributed by atoms with van der Waals surface area (Å²) < 4.78 is 0. The summed E-state index contributed by atoms with van der Waals surface area (Å²) in [5.41, 5.74) is 1.78. The molecule has 1 heterocycles. The molecule has 3 atom stereocenters. The van der Waals surface area contributed by atoms with Crippen molar-refractivity contribution >= 4 is 29.0 Å². The van der Waals surface area contributed by atoms with Crippen LogP contribution in [0.2, 0.25) is 0 Å². The van der Waals surface area contributed by atoms with Gasteiger partial charge in [-0.25, -0.2) is 4.90 Å². The fourth-order valence-corrected chi connectivity index (χ4v) is 4.83. The number of amides is 2. The molecule has 0 radical (unpaired) electrons. The van der Waals surface area contributed by atoms with Gasteiger partial charge < -0.3 is 0 Å². The molecule has 1 aliphatic heterocycles. The number of Topliss-reactive ketones (excluding diaryl/α,β-unsaturated/α-hetero) is 1. The van der Waals surface area contributed by atoms with Crippen LogP contribution >= 0.6 is 0 Å². The molecular formula is C24H24N2O5. The highest BCUT2D eigenvalue weighted by Gasteiger charge is 2.55. The number of para-hydroxylation sites is 1. The zero-order chi connectivity index (χ0) is 22.5. The fraction of sp³-hybridized carbons (Fsp3) is 0.375. The molecule has 2 aliphatic rings. The molecule has 0 N–H and O–H groups in total. The average Bonchev–Trinajstić information content (AvgIpc) is 2.97. The first-order valence-corrected chi connectivity index (χ1v) is 10.3. The monoisotopic (exact) mass is 420 g/mol. The Morgan fingerprint density at radius 3 is 2.13 bits per heavy atom. The maximum absolute atomic E-state index is 13.6. The Bertz CT molecular complexity index is 1080. The molecule has 1 saturated heterocycles. The largest absolute Gasteiger partial charge is 0.300 e. The summed E-state index contributed by atoms with van der Waals surface area (Å²) in [6, 6.07) is 13.3. The smallest absolute Gasteiger partial charge is 0.269 e.